The van der Waals surface area contributed by atoms with Crippen LogP contribution in [0.25, 0.3) is 0 Å². The molecular weight excluding hydrogens is 118 g/mol. The van der Waals surface area contributed by atoms with Crippen molar-refractivity contribution < 1.29 is 10.2 Å². The van der Waals surface area contributed by atoms with E-state index >= 15 is 0 Å². The summed E-state index contributed by atoms with van der Waals surface area (Å²) in [6, 6.07) is 0. The highest BCUT2D eigenvalue weighted by atomic mass is 16.3. The summed E-state index contributed by atoms with van der Waals surface area (Å²) in [6.45, 7) is 2.48. The average molecular weight is 133 g/mol. The second-order valence-corrected chi connectivity index (χ2v) is 2.34. The van der Waals surface area contributed by atoms with Gasteiger partial charge in [0.1, 0.15) is 0 Å². The molecule has 0 aliphatic rings. The second-order valence-electron chi connectivity index (χ2n) is 2.34. The molecule has 0 aliphatic heterocycles. The maximum atomic E-state index is 8.61. The molecule has 4 N–H and O–H groups in total. The van der Waals surface area contributed by atoms with E-state index in [1.807, 2.05) is 6.92 Å². The van der Waals surface area contributed by atoms with Crippen LogP contribution in [0, 0.1) is 11.8 Å². The van der Waals surface area contributed by atoms with Crippen molar-refractivity contribution in [3.05, 3.63) is 0 Å². The average Bonchev–Trinajstić information content (AvgIpc) is 1.90. The molecule has 0 aliphatic carbocycles. The molecule has 0 aromatic rings. The Morgan fingerprint density at radius 1 is 1.33 bits per heavy atom. The van der Waals surface area contributed by atoms with E-state index in [1.54, 1.807) is 0 Å². The van der Waals surface area contributed by atoms with E-state index in [0.29, 0.717) is 6.54 Å². The van der Waals surface area contributed by atoms with Crippen molar-refractivity contribution >= 4 is 0 Å². The molecule has 0 saturated heterocycles. The number of nitrogens with two attached hydrogens (primary N) is 1. The highest BCUT2D eigenvalue weighted by Gasteiger charge is 2.12. The summed E-state index contributed by atoms with van der Waals surface area (Å²) in [5.74, 6) is 0.162. The number of rotatable bonds is 4. The minimum absolute atomic E-state index is 0.0227. The molecule has 0 rings (SSSR count). The molecule has 0 fully saturated rings. The zero-order chi connectivity index (χ0) is 7.28. The van der Waals surface area contributed by atoms with Gasteiger partial charge in [-0.05, 0) is 12.5 Å². The van der Waals surface area contributed by atoms with E-state index in [-0.39, 0.29) is 25.0 Å². The molecular formula is C6H15NO2. The van der Waals surface area contributed by atoms with Gasteiger partial charge < -0.3 is 15.9 Å². The Morgan fingerprint density at radius 3 is 1.89 bits per heavy atom. The fourth-order valence-electron chi connectivity index (χ4n) is 0.610. The molecule has 1 atom stereocenters. The first-order valence-electron chi connectivity index (χ1n) is 3.18. The zero-order valence-electron chi connectivity index (χ0n) is 5.75. The first-order chi connectivity index (χ1) is 4.26. The first kappa shape index (κ1) is 8.88. The molecule has 56 valence electrons. The summed E-state index contributed by atoms with van der Waals surface area (Å²) in [4.78, 5) is 0. The number of hydrogen-bond donors (Lipinski definition) is 3. The summed E-state index contributed by atoms with van der Waals surface area (Å²) in [5, 5.41) is 17.2. The van der Waals surface area contributed by atoms with Gasteiger partial charge in [0.15, 0.2) is 0 Å². The van der Waals surface area contributed by atoms with Gasteiger partial charge in [-0.2, -0.15) is 0 Å². The van der Waals surface area contributed by atoms with Gasteiger partial charge in [0, 0.05) is 19.1 Å². The highest BCUT2D eigenvalue weighted by Crippen LogP contribution is 2.07. The third kappa shape index (κ3) is 2.79. The fraction of sp³-hybridized carbons (Fsp3) is 1.00. The van der Waals surface area contributed by atoms with E-state index in [4.69, 9.17) is 15.9 Å². The standard InChI is InChI=1S/C6H15NO2/c1-5(2-7)6(3-8)4-9/h5-6,8-9H,2-4,7H2,1H3. The summed E-state index contributed by atoms with van der Waals surface area (Å²) in [6.07, 6.45) is 0. The summed E-state index contributed by atoms with van der Waals surface area (Å²) in [5.41, 5.74) is 5.30. The molecule has 3 nitrogen and oxygen atoms in total. The van der Waals surface area contributed by atoms with Crippen LogP contribution in [0.1, 0.15) is 6.92 Å². The molecule has 1 unspecified atom stereocenters. The van der Waals surface area contributed by atoms with Gasteiger partial charge in [-0.15, -0.1) is 0 Å². The van der Waals surface area contributed by atoms with Gasteiger partial charge in [-0.25, -0.2) is 0 Å². The predicted octanol–water partition coefficient (Wildman–Crippen LogP) is -0.818. The van der Waals surface area contributed by atoms with Gasteiger partial charge in [0.25, 0.3) is 0 Å². The van der Waals surface area contributed by atoms with Crippen LogP contribution >= 0.6 is 0 Å². The van der Waals surface area contributed by atoms with E-state index in [2.05, 4.69) is 0 Å². The SMILES string of the molecule is CC(CN)C(CO)CO. The number of aliphatic hydroxyl groups is 2. The predicted molar refractivity (Wildman–Crippen MR) is 35.9 cm³/mol. The van der Waals surface area contributed by atoms with E-state index in [9.17, 15) is 0 Å². The molecule has 0 amide bonds. The summed E-state index contributed by atoms with van der Waals surface area (Å²) >= 11 is 0. The van der Waals surface area contributed by atoms with E-state index < -0.39 is 0 Å². The highest BCUT2D eigenvalue weighted by molar-refractivity contribution is 4.64. The minimum Gasteiger partial charge on any atom is -0.396 e. The molecule has 0 aromatic carbocycles. The Morgan fingerprint density at radius 2 is 1.78 bits per heavy atom. The van der Waals surface area contributed by atoms with Crippen molar-refractivity contribution in [2.75, 3.05) is 19.8 Å². The van der Waals surface area contributed by atoms with Gasteiger partial charge in [0.05, 0.1) is 0 Å². The smallest absolute Gasteiger partial charge is 0.0484 e. The lowest BCUT2D eigenvalue weighted by atomic mass is 9.96. The lowest BCUT2D eigenvalue weighted by molar-refractivity contribution is 0.115. The van der Waals surface area contributed by atoms with Crippen molar-refractivity contribution in [1.82, 2.24) is 0 Å². The van der Waals surface area contributed by atoms with Gasteiger partial charge in [0.2, 0.25) is 0 Å². The maximum Gasteiger partial charge on any atom is 0.0484 e. The Labute approximate surface area is 55.5 Å². The zero-order valence-corrected chi connectivity index (χ0v) is 5.75. The van der Waals surface area contributed by atoms with Crippen LogP contribution in [-0.4, -0.2) is 30.0 Å². The van der Waals surface area contributed by atoms with Crippen LogP contribution in [0.4, 0.5) is 0 Å². The van der Waals surface area contributed by atoms with Crippen LogP contribution in [0.3, 0.4) is 0 Å². The van der Waals surface area contributed by atoms with Crippen molar-refractivity contribution in [3.63, 3.8) is 0 Å². The van der Waals surface area contributed by atoms with Crippen LogP contribution in [-0.2, 0) is 0 Å². The van der Waals surface area contributed by atoms with Crippen LogP contribution in [0.15, 0.2) is 0 Å². The van der Waals surface area contributed by atoms with Crippen LogP contribution in [0.2, 0.25) is 0 Å². The minimum atomic E-state index is -0.0463. The Hall–Kier alpha value is -0.120. The lowest BCUT2D eigenvalue weighted by Gasteiger charge is -2.16. The van der Waals surface area contributed by atoms with Crippen LogP contribution < -0.4 is 5.73 Å². The largest absolute Gasteiger partial charge is 0.396 e. The third-order valence-electron chi connectivity index (χ3n) is 1.65. The summed E-state index contributed by atoms with van der Waals surface area (Å²) in [7, 11) is 0. The lowest BCUT2D eigenvalue weighted by Crippen LogP contribution is -2.26. The topological polar surface area (TPSA) is 66.5 Å². The molecule has 0 aromatic heterocycles. The molecule has 0 spiro atoms. The molecule has 9 heavy (non-hydrogen) atoms. The molecule has 0 bridgehead atoms. The van der Waals surface area contributed by atoms with Crippen LogP contribution in [0.5, 0.6) is 0 Å². The summed E-state index contributed by atoms with van der Waals surface area (Å²) < 4.78 is 0. The van der Waals surface area contributed by atoms with Crippen molar-refractivity contribution in [2.45, 2.75) is 6.92 Å². The Kier molecular flexibility index (Phi) is 4.67. The number of aliphatic hydroxyl groups excluding tert-OH is 2. The van der Waals surface area contributed by atoms with Gasteiger partial charge in [-0.1, -0.05) is 6.92 Å². The fourth-order valence-corrected chi connectivity index (χ4v) is 0.610. The molecule has 3 heteroatoms. The van der Waals surface area contributed by atoms with E-state index in [0.717, 1.165) is 0 Å². The molecule has 0 heterocycles. The van der Waals surface area contributed by atoms with Gasteiger partial charge in [-0.3, -0.25) is 0 Å². The van der Waals surface area contributed by atoms with Crippen molar-refractivity contribution in [2.24, 2.45) is 17.6 Å². The van der Waals surface area contributed by atoms with E-state index in [1.165, 1.54) is 0 Å². The number of hydrogen-bond acceptors (Lipinski definition) is 3. The maximum absolute atomic E-state index is 8.61. The third-order valence-corrected chi connectivity index (χ3v) is 1.65. The quantitative estimate of drug-likeness (QED) is 0.469. The Balaban J connectivity index is 3.50. The second kappa shape index (κ2) is 4.73. The van der Waals surface area contributed by atoms with Crippen molar-refractivity contribution in [3.8, 4) is 0 Å². The first-order valence-corrected chi connectivity index (χ1v) is 3.18. The van der Waals surface area contributed by atoms with Gasteiger partial charge >= 0.3 is 0 Å². The van der Waals surface area contributed by atoms with Crippen molar-refractivity contribution in [1.29, 1.82) is 0 Å². The molecule has 0 radical (unpaired) electrons. The molecule has 0 saturated carbocycles. The normalized spacial score (nSPS) is 14.3. The Bertz CT molecular complexity index is 64.1. The monoisotopic (exact) mass is 133 g/mol.